The fourth-order valence-electron chi connectivity index (χ4n) is 2.79. The van der Waals surface area contributed by atoms with Crippen molar-refractivity contribution in [1.29, 1.82) is 0 Å². The Hall–Kier alpha value is -3.41. The maximum Gasteiger partial charge on any atom is 0.181 e. The average Bonchev–Trinajstić information content (AvgIpc) is 3.18. The number of aromatic nitrogens is 3. The summed E-state index contributed by atoms with van der Waals surface area (Å²) in [7, 11) is 1.88. The fraction of sp³-hybridized carbons (Fsp3) is 0.100. The maximum absolute atomic E-state index is 12.7. The van der Waals surface area contributed by atoms with Crippen molar-refractivity contribution in [2.24, 2.45) is 0 Å². The normalized spacial score (nSPS) is 10.8. The summed E-state index contributed by atoms with van der Waals surface area (Å²) in [4.78, 5) is 4.43. The molecular formula is C20H17FN4O. The molecule has 26 heavy (non-hydrogen) atoms. The highest BCUT2D eigenvalue weighted by molar-refractivity contribution is 5.89. The van der Waals surface area contributed by atoms with Gasteiger partial charge >= 0.3 is 0 Å². The van der Waals surface area contributed by atoms with Gasteiger partial charge in [0.05, 0.1) is 11.7 Å². The Morgan fingerprint density at radius 2 is 1.92 bits per heavy atom. The molecule has 0 radical (unpaired) electrons. The topological polar surface area (TPSA) is 52.0 Å². The molecule has 4 aromatic rings. The van der Waals surface area contributed by atoms with Crippen LogP contribution < -0.4 is 10.1 Å². The van der Waals surface area contributed by atoms with E-state index in [2.05, 4.69) is 15.4 Å². The zero-order chi connectivity index (χ0) is 17.9. The molecule has 6 heteroatoms. The summed E-state index contributed by atoms with van der Waals surface area (Å²) in [6.07, 6.45) is 5.03. The van der Waals surface area contributed by atoms with Gasteiger partial charge in [0.15, 0.2) is 6.80 Å². The van der Waals surface area contributed by atoms with Gasteiger partial charge in [-0.15, -0.1) is 0 Å². The average molecular weight is 348 g/mol. The van der Waals surface area contributed by atoms with E-state index in [1.54, 1.807) is 18.6 Å². The third-order valence-electron chi connectivity index (χ3n) is 4.16. The number of benzene rings is 2. The highest BCUT2D eigenvalue weighted by Crippen LogP contribution is 2.31. The SMILES string of the molecule is CNc1ccc(Oc2ccnc3cc(-c4cnn(CF)c4)ccc23)cc1. The number of halogens is 1. The van der Waals surface area contributed by atoms with E-state index in [1.807, 2.05) is 55.6 Å². The van der Waals surface area contributed by atoms with Crippen LogP contribution in [-0.2, 0) is 6.80 Å². The number of ether oxygens (including phenoxy) is 1. The summed E-state index contributed by atoms with van der Waals surface area (Å²) in [5, 5.41) is 7.96. The summed E-state index contributed by atoms with van der Waals surface area (Å²) in [6.45, 7) is -0.643. The minimum Gasteiger partial charge on any atom is -0.457 e. The Morgan fingerprint density at radius 3 is 2.65 bits per heavy atom. The van der Waals surface area contributed by atoms with Crippen LogP contribution in [0.4, 0.5) is 10.1 Å². The van der Waals surface area contributed by atoms with Gasteiger partial charge in [-0.05, 0) is 48.0 Å². The molecule has 2 aromatic carbocycles. The Labute approximate surface area is 150 Å². The van der Waals surface area contributed by atoms with Crippen LogP contribution in [0.25, 0.3) is 22.0 Å². The molecule has 130 valence electrons. The number of pyridine rings is 1. The second-order valence-electron chi connectivity index (χ2n) is 5.81. The van der Waals surface area contributed by atoms with E-state index in [-0.39, 0.29) is 0 Å². The molecule has 0 fully saturated rings. The van der Waals surface area contributed by atoms with Crippen molar-refractivity contribution >= 4 is 16.6 Å². The summed E-state index contributed by atoms with van der Waals surface area (Å²) in [6, 6.07) is 15.5. The number of hydrogen-bond acceptors (Lipinski definition) is 4. The first-order valence-corrected chi connectivity index (χ1v) is 8.20. The molecule has 0 atom stereocenters. The second-order valence-corrected chi connectivity index (χ2v) is 5.81. The van der Waals surface area contributed by atoms with Crippen LogP contribution >= 0.6 is 0 Å². The molecule has 2 aromatic heterocycles. The van der Waals surface area contributed by atoms with Crippen LogP contribution in [0, 0.1) is 0 Å². The van der Waals surface area contributed by atoms with Crippen molar-refractivity contribution < 1.29 is 9.13 Å². The van der Waals surface area contributed by atoms with Gasteiger partial charge < -0.3 is 10.1 Å². The van der Waals surface area contributed by atoms with Crippen molar-refractivity contribution in [3.63, 3.8) is 0 Å². The molecule has 0 aliphatic rings. The Kier molecular flexibility index (Phi) is 4.23. The van der Waals surface area contributed by atoms with Gasteiger partial charge in [0.2, 0.25) is 0 Å². The Bertz CT molecular complexity index is 1040. The lowest BCUT2D eigenvalue weighted by Gasteiger charge is -2.10. The quantitative estimate of drug-likeness (QED) is 0.560. The van der Waals surface area contributed by atoms with Crippen molar-refractivity contribution in [3.8, 4) is 22.6 Å². The fourth-order valence-corrected chi connectivity index (χ4v) is 2.79. The van der Waals surface area contributed by atoms with Gasteiger partial charge in [-0.1, -0.05) is 6.07 Å². The molecule has 0 amide bonds. The molecule has 0 aliphatic heterocycles. The van der Waals surface area contributed by atoms with E-state index < -0.39 is 6.80 Å². The van der Waals surface area contributed by atoms with E-state index in [1.165, 1.54) is 4.68 Å². The number of anilines is 1. The molecular weight excluding hydrogens is 331 g/mol. The van der Waals surface area contributed by atoms with E-state index in [0.717, 1.165) is 39.2 Å². The first kappa shape index (κ1) is 16.1. The number of hydrogen-bond donors (Lipinski definition) is 1. The lowest BCUT2D eigenvalue weighted by atomic mass is 10.1. The smallest absolute Gasteiger partial charge is 0.181 e. The number of rotatable bonds is 5. The molecule has 5 nitrogen and oxygen atoms in total. The number of nitrogens with one attached hydrogen (secondary N) is 1. The molecule has 0 saturated carbocycles. The molecule has 2 heterocycles. The molecule has 0 bridgehead atoms. The Balaban J connectivity index is 1.67. The summed E-state index contributed by atoms with van der Waals surface area (Å²) < 4.78 is 20.0. The van der Waals surface area contributed by atoms with Crippen LogP contribution in [0.2, 0.25) is 0 Å². The van der Waals surface area contributed by atoms with Gasteiger partial charge in [0.1, 0.15) is 11.5 Å². The van der Waals surface area contributed by atoms with Crippen LogP contribution in [0.5, 0.6) is 11.5 Å². The minimum absolute atomic E-state index is 0.643. The molecule has 0 saturated heterocycles. The highest BCUT2D eigenvalue weighted by Gasteiger charge is 2.08. The van der Waals surface area contributed by atoms with Gasteiger partial charge in [0.25, 0.3) is 0 Å². The molecule has 0 spiro atoms. The van der Waals surface area contributed by atoms with Crippen molar-refractivity contribution in [2.45, 2.75) is 6.80 Å². The molecule has 0 aliphatic carbocycles. The first-order chi connectivity index (χ1) is 12.8. The van der Waals surface area contributed by atoms with E-state index in [0.29, 0.717) is 0 Å². The molecule has 0 unspecified atom stereocenters. The van der Waals surface area contributed by atoms with Gasteiger partial charge in [0, 0.05) is 36.1 Å². The van der Waals surface area contributed by atoms with E-state index in [4.69, 9.17) is 4.74 Å². The zero-order valence-electron chi connectivity index (χ0n) is 14.2. The third kappa shape index (κ3) is 3.09. The van der Waals surface area contributed by atoms with Gasteiger partial charge in [-0.2, -0.15) is 5.10 Å². The molecule has 4 rings (SSSR count). The number of fused-ring (bicyclic) bond motifs is 1. The highest BCUT2D eigenvalue weighted by atomic mass is 19.1. The van der Waals surface area contributed by atoms with Crippen molar-refractivity contribution in [3.05, 3.63) is 67.1 Å². The number of alkyl halides is 1. The second kappa shape index (κ2) is 6.84. The third-order valence-corrected chi connectivity index (χ3v) is 4.16. The van der Waals surface area contributed by atoms with Gasteiger partial charge in [-0.3, -0.25) is 4.98 Å². The van der Waals surface area contributed by atoms with Crippen LogP contribution in [-0.4, -0.2) is 21.8 Å². The standard InChI is InChI=1S/C20H17FN4O/c1-22-16-3-5-17(6-4-16)26-20-8-9-23-19-10-14(2-7-18(19)20)15-11-24-25(12-15)13-21/h2-12,22H,13H2,1H3. The lowest BCUT2D eigenvalue weighted by molar-refractivity contribution is 0.350. The maximum atomic E-state index is 12.7. The van der Waals surface area contributed by atoms with Crippen molar-refractivity contribution in [2.75, 3.05) is 12.4 Å². The van der Waals surface area contributed by atoms with Crippen LogP contribution in [0.15, 0.2) is 67.1 Å². The van der Waals surface area contributed by atoms with Crippen molar-refractivity contribution in [1.82, 2.24) is 14.8 Å². The van der Waals surface area contributed by atoms with E-state index in [9.17, 15) is 4.39 Å². The van der Waals surface area contributed by atoms with Crippen LogP contribution in [0.3, 0.4) is 0 Å². The summed E-state index contributed by atoms with van der Waals surface area (Å²) in [5.74, 6) is 1.49. The van der Waals surface area contributed by atoms with Crippen LogP contribution in [0.1, 0.15) is 0 Å². The lowest BCUT2D eigenvalue weighted by Crippen LogP contribution is -1.91. The Morgan fingerprint density at radius 1 is 1.08 bits per heavy atom. The molecule has 1 N–H and O–H groups in total. The monoisotopic (exact) mass is 348 g/mol. The first-order valence-electron chi connectivity index (χ1n) is 8.20. The predicted octanol–water partition coefficient (Wildman–Crippen LogP) is 4.86. The van der Waals surface area contributed by atoms with Gasteiger partial charge in [-0.25, -0.2) is 9.07 Å². The largest absolute Gasteiger partial charge is 0.457 e. The van der Waals surface area contributed by atoms with E-state index >= 15 is 0 Å². The summed E-state index contributed by atoms with van der Waals surface area (Å²) in [5.41, 5.74) is 3.61. The minimum atomic E-state index is -0.643. The zero-order valence-corrected chi connectivity index (χ0v) is 14.2. The number of nitrogens with zero attached hydrogens (tertiary/aromatic N) is 3. The predicted molar refractivity (Wildman–Crippen MR) is 100 cm³/mol. The summed E-state index contributed by atoms with van der Waals surface area (Å²) >= 11 is 0.